The van der Waals surface area contributed by atoms with Crippen molar-refractivity contribution in [2.45, 2.75) is 26.0 Å². The summed E-state index contributed by atoms with van der Waals surface area (Å²) in [5, 5.41) is 10.6. The van der Waals surface area contributed by atoms with Crippen LogP contribution in [0.5, 0.6) is 11.5 Å². The summed E-state index contributed by atoms with van der Waals surface area (Å²) in [7, 11) is 0. The predicted molar refractivity (Wildman–Crippen MR) is 59.6 cm³/mol. The first kappa shape index (κ1) is 15.2. The molecule has 0 radical (unpaired) electrons. The second-order valence-electron chi connectivity index (χ2n) is 3.81. The van der Waals surface area contributed by atoms with E-state index in [9.17, 15) is 18.7 Å². The zero-order chi connectivity index (χ0) is 14.4. The molecule has 3 N–H and O–H groups in total. The van der Waals surface area contributed by atoms with Gasteiger partial charge >= 0.3 is 6.61 Å². The molecule has 1 aromatic rings. The molecule has 106 valence electrons. The van der Waals surface area contributed by atoms with Crippen LogP contribution >= 0.6 is 0 Å². The second-order valence-corrected chi connectivity index (χ2v) is 3.81. The van der Waals surface area contributed by atoms with E-state index in [1.807, 2.05) is 0 Å². The highest BCUT2D eigenvalue weighted by atomic mass is 19.3. The molecule has 0 aliphatic rings. The van der Waals surface area contributed by atoms with Gasteiger partial charge in [0.05, 0.1) is 12.6 Å². The van der Waals surface area contributed by atoms with Crippen LogP contribution in [0.3, 0.4) is 0 Å². The van der Waals surface area contributed by atoms with Gasteiger partial charge in [0, 0.05) is 6.42 Å². The number of hydrogen-bond acceptors (Lipinski definition) is 4. The van der Waals surface area contributed by atoms with Crippen molar-refractivity contribution in [3.63, 3.8) is 0 Å². The van der Waals surface area contributed by atoms with Gasteiger partial charge < -0.3 is 25.1 Å². The van der Waals surface area contributed by atoms with Crippen LogP contribution in [-0.4, -0.2) is 25.2 Å². The van der Waals surface area contributed by atoms with Crippen molar-refractivity contribution in [3.05, 3.63) is 23.8 Å². The summed E-state index contributed by atoms with van der Waals surface area (Å²) in [6.07, 6.45) is 0.122. The van der Waals surface area contributed by atoms with E-state index in [0.29, 0.717) is 5.56 Å². The number of hydrogen-bond donors (Lipinski definition) is 1. The molecular formula is C12H15F2NO4. The molecule has 0 bridgehead atoms. The van der Waals surface area contributed by atoms with Crippen molar-refractivity contribution in [2.75, 3.05) is 6.61 Å². The predicted octanol–water partition coefficient (Wildman–Crippen LogP) is -0.410. The average molecular weight is 275 g/mol. The van der Waals surface area contributed by atoms with Gasteiger partial charge in [-0.15, -0.1) is 0 Å². The average Bonchev–Trinajstić information content (AvgIpc) is 2.32. The number of aliphatic carboxylic acids is 1. The topological polar surface area (TPSA) is 86.2 Å². The van der Waals surface area contributed by atoms with E-state index in [1.165, 1.54) is 18.2 Å². The lowest BCUT2D eigenvalue weighted by molar-refractivity contribution is -0.437. The summed E-state index contributed by atoms with van der Waals surface area (Å²) in [6.45, 7) is -0.976. The van der Waals surface area contributed by atoms with Crippen molar-refractivity contribution in [1.29, 1.82) is 0 Å². The fourth-order valence-corrected chi connectivity index (χ4v) is 1.51. The molecule has 0 amide bonds. The fourth-order valence-electron chi connectivity index (χ4n) is 1.51. The smallest absolute Gasteiger partial charge is 0.387 e. The highest BCUT2D eigenvalue weighted by molar-refractivity contribution is 5.69. The summed E-state index contributed by atoms with van der Waals surface area (Å²) in [4.78, 5) is 10.6. The molecule has 5 nitrogen and oxygen atoms in total. The Labute approximate surface area is 108 Å². The highest BCUT2D eigenvalue weighted by Crippen LogP contribution is 2.30. The molecule has 1 aromatic carbocycles. The number of carbonyl (C=O) groups is 1. The molecule has 1 rings (SSSR count). The maximum Gasteiger partial charge on any atom is 0.387 e. The fraction of sp³-hybridized carbons (Fsp3) is 0.417. The van der Waals surface area contributed by atoms with Gasteiger partial charge in [-0.25, -0.2) is 0 Å². The Hall–Kier alpha value is -1.89. The van der Waals surface area contributed by atoms with Crippen LogP contribution in [0.4, 0.5) is 8.78 Å². The first-order valence-electron chi connectivity index (χ1n) is 5.68. The Morgan fingerprint density at radius 3 is 2.63 bits per heavy atom. The van der Waals surface area contributed by atoms with E-state index in [1.54, 1.807) is 6.92 Å². The van der Waals surface area contributed by atoms with Gasteiger partial charge in [-0.3, -0.25) is 0 Å². The first-order valence-corrected chi connectivity index (χ1v) is 5.68. The number of rotatable bonds is 7. The molecule has 0 fully saturated rings. The highest BCUT2D eigenvalue weighted by Gasteiger charge is 2.14. The summed E-state index contributed by atoms with van der Waals surface area (Å²) in [5.41, 5.74) is 4.02. The minimum atomic E-state index is -2.95. The molecule has 0 heterocycles. The number of benzene rings is 1. The summed E-state index contributed by atoms with van der Waals surface area (Å²) >= 11 is 0. The molecule has 7 heteroatoms. The van der Waals surface area contributed by atoms with E-state index >= 15 is 0 Å². The van der Waals surface area contributed by atoms with Crippen LogP contribution in [0.25, 0.3) is 0 Å². The zero-order valence-electron chi connectivity index (χ0n) is 10.4. The number of halogens is 2. The van der Waals surface area contributed by atoms with Crippen LogP contribution in [0.2, 0.25) is 0 Å². The molecule has 0 unspecified atom stereocenters. The number of alkyl halides is 2. The molecule has 0 aliphatic carbocycles. The lowest BCUT2D eigenvalue weighted by Crippen LogP contribution is -2.69. The minimum absolute atomic E-state index is 0.0883. The molecular weight excluding hydrogens is 260 g/mol. The monoisotopic (exact) mass is 275 g/mol. The number of ether oxygens (including phenoxy) is 2. The lowest BCUT2D eigenvalue weighted by atomic mass is 10.1. The van der Waals surface area contributed by atoms with E-state index in [0.717, 1.165) is 0 Å². The van der Waals surface area contributed by atoms with Crippen molar-refractivity contribution in [3.8, 4) is 11.5 Å². The van der Waals surface area contributed by atoms with E-state index < -0.39 is 18.6 Å². The standard InChI is InChI=1S/C12H15F2NO4/c1-2-18-10-6-7(5-8(15)11(16)17)3-4-9(10)19-12(13)14/h3-4,6,8,12H,2,5,15H2,1H3,(H,16,17)/t8-/m1/s1. The van der Waals surface area contributed by atoms with Gasteiger partial charge in [0.15, 0.2) is 11.5 Å². The van der Waals surface area contributed by atoms with Crippen molar-refractivity contribution >= 4 is 5.97 Å². The molecule has 0 saturated carbocycles. The maximum atomic E-state index is 12.2. The Balaban J connectivity index is 2.91. The number of quaternary nitrogens is 1. The van der Waals surface area contributed by atoms with Crippen molar-refractivity contribution in [1.82, 2.24) is 0 Å². The number of carboxylic acids is 1. The first-order chi connectivity index (χ1) is 8.93. The third-order valence-electron chi connectivity index (χ3n) is 2.34. The SMILES string of the molecule is CCOc1cc(C[C@@H]([NH3+])C(=O)[O-])ccc1OC(F)F. The van der Waals surface area contributed by atoms with E-state index in [4.69, 9.17) is 4.74 Å². The van der Waals surface area contributed by atoms with Crippen LogP contribution in [0, 0.1) is 0 Å². The maximum absolute atomic E-state index is 12.2. The Morgan fingerprint density at radius 2 is 2.11 bits per heavy atom. The quantitative estimate of drug-likeness (QED) is 0.733. The van der Waals surface area contributed by atoms with Crippen LogP contribution < -0.4 is 20.3 Å². The molecule has 0 aromatic heterocycles. The number of carbonyl (C=O) groups excluding carboxylic acids is 1. The Bertz CT molecular complexity index is 440. The lowest BCUT2D eigenvalue weighted by Gasteiger charge is -2.14. The normalized spacial score (nSPS) is 12.3. The molecule has 0 aliphatic heterocycles. The molecule has 1 atom stereocenters. The zero-order valence-corrected chi connectivity index (χ0v) is 10.4. The van der Waals surface area contributed by atoms with Gasteiger partial charge in [-0.05, 0) is 24.6 Å². The van der Waals surface area contributed by atoms with Crippen LogP contribution in [0.15, 0.2) is 18.2 Å². The van der Waals surface area contributed by atoms with Crippen LogP contribution in [0.1, 0.15) is 12.5 Å². The minimum Gasteiger partial charge on any atom is -0.544 e. The third kappa shape index (κ3) is 4.70. The third-order valence-corrected chi connectivity index (χ3v) is 2.34. The molecule has 0 spiro atoms. The van der Waals surface area contributed by atoms with Gasteiger partial charge in [0.25, 0.3) is 0 Å². The summed E-state index contributed by atoms with van der Waals surface area (Å²) in [5.74, 6) is -1.22. The van der Waals surface area contributed by atoms with Gasteiger partial charge in [-0.2, -0.15) is 8.78 Å². The Morgan fingerprint density at radius 1 is 1.42 bits per heavy atom. The summed E-state index contributed by atoms with van der Waals surface area (Å²) in [6, 6.07) is 3.34. The van der Waals surface area contributed by atoms with Crippen molar-refractivity contribution < 1.29 is 33.9 Å². The van der Waals surface area contributed by atoms with E-state index in [2.05, 4.69) is 10.5 Å². The summed E-state index contributed by atoms with van der Waals surface area (Å²) < 4.78 is 33.8. The number of carboxylic acid groups (broad SMARTS) is 1. The molecule has 0 saturated heterocycles. The van der Waals surface area contributed by atoms with Gasteiger partial charge in [-0.1, -0.05) is 6.07 Å². The van der Waals surface area contributed by atoms with Crippen molar-refractivity contribution in [2.24, 2.45) is 0 Å². The largest absolute Gasteiger partial charge is 0.544 e. The van der Waals surface area contributed by atoms with Gasteiger partial charge in [0.2, 0.25) is 0 Å². The van der Waals surface area contributed by atoms with E-state index in [-0.39, 0.29) is 24.5 Å². The second kappa shape index (κ2) is 6.89. The Kier molecular flexibility index (Phi) is 5.50. The van der Waals surface area contributed by atoms with Gasteiger partial charge in [0.1, 0.15) is 6.04 Å². The van der Waals surface area contributed by atoms with Crippen LogP contribution in [-0.2, 0) is 11.2 Å². The molecule has 19 heavy (non-hydrogen) atoms.